The molecule has 3 heterocycles. The molecule has 0 unspecified atom stereocenters. The van der Waals surface area contributed by atoms with Gasteiger partial charge in [0.25, 0.3) is 5.89 Å². The number of likely N-dealkylation sites (tertiary alicyclic amines) is 1. The maximum Gasteiger partial charge on any atom is 0.253 e. The van der Waals surface area contributed by atoms with Gasteiger partial charge in [-0.15, -0.1) is 10.2 Å². The minimum absolute atomic E-state index is 0.0965. The summed E-state index contributed by atoms with van der Waals surface area (Å²) in [6.45, 7) is 7.04. The van der Waals surface area contributed by atoms with Crippen molar-refractivity contribution < 1.29 is 13.7 Å². The number of hydrogen-bond donors (Lipinski definition) is 1. The van der Waals surface area contributed by atoms with Crippen LogP contribution in [0, 0.1) is 12.8 Å². The molecule has 3 aromatic rings. The summed E-state index contributed by atoms with van der Waals surface area (Å²) in [7, 11) is 0. The third-order valence-electron chi connectivity index (χ3n) is 5.99. The van der Waals surface area contributed by atoms with Crippen molar-refractivity contribution in [2.24, 2.45) is 5.92 Å². The van der Waals surface area contributed by atoms with E-state index in [1.165, 1.54) is 0 Å². The topological polar surface area (TPSA) is 97.3 Å². The van der Waals surface area contributed by atoms with Gasteiger partial charge in [0.05, 0.1) is 6.54 Å². The fraction of sp³-hybridized carbons (Fsp3) is 0.500. The first-order valence-corrected chi connectivity index (χ1v) is 11.5. The molecule has 1 aliphatic heterocycles. The molecule has 1 aliphatic rings. The minimum atomic E-state index is 0.0965. The lowest BCUT2D eigenvalue weighted by Gasteiger charge is -2.30. The molecule has 0 atom stereocenters. The first-order chi connectivity index (χ1) is 15.7. The summed E-state index contributed by atoms with van der Waals surface area (Å²) < 4.78 is 11.4. The second kappa shape index (κ2) is 10.5. The van der Waals surface area contributed by atoms with E-state index in [0.29, 0.717) is 29.8 Å². The van der Waals surface area contributed by atoms with E-state index >= 15 is 0 Å². The van der Waals surface area contributed by atoms with Crippen molar-refractivity contribution in [2.75, 3.05) is 19.6 Å². The summed E-state index contributed by atoms with van der Waals surface area (Å²) in [4.78, 5) is 14.6. The second-order valence-electron chi connectivity index (χ2n) is 8.38. The van der Waals surface area contributed by atoms with Crippen LogP contribution in [0.3, 0.4) is 0 Å². The molecular weight excluding hydrogens is 406 g/mol. The van der Waals surface area contributed by atoms with Gasteiger partial charge in [0.1, 0.15) is 17.0 Å². The van der Waals surface area contributed by atoms with Crippen LogP contribution in [0.25, 0.3) is 22.7 Å². The number of unbranched alkanes of at least 4 members (excludes halogenated alkanes) is 2. The van der Waals surface area contributed by atoms with Gasteiger partial charge in [-0.05, 0) is 39.3 Å². The number of aryl methyl sites for hydroxylation is 1. The highest BCUT2D eigenvalue weighted by molar-refractivity contribution is 5.79. The van der Waals surface area contributed by atoms with Gasteiger partial charge in [0.15, 0.2) is 0 Å². The van der Waals surface area contributed by atoms with Gasteiger partial charge in [0, 0.05) is 18.0 Å². The van der Waals surface area contributed by atoms with Crippen molar-refractivity contribution in [3.63, 3.8) is 0 Å². The van der Waals surface area contributed by atoms with E-state index in [1.54, 1.807) is 0 Å². The van der Waals surface area contributed by atoms with E-state index in [-0.39, 0.29) is 11.8 Å². The molecule has 0 bridgehead atoms. The fourth-order valence-electron chi connectivity index (χ4n) is 4.11. The van der Waals surface area contributed by atoms with Crippen molar-refractivity contribution in [3.8, 4) is 22.7 Å². The Kier molecular flexibility index (Phi) is 7.32. The van der Waals surface area contributed by atoms with Crippen LogP contribution in [0.15, 0.2) is 39.3 Å². The van der Waals surface area contributed by atoms with E-state index in [0.717, 1.165) is 62.9 Å². The van der Waals surface area contributed by atoms with E-state index in [2.05, 4.69) is 32.5 Å². The first-order valence-electron chi connectivity index (χ1n) is 11.5. The van der Waals surface area contributed by atoms with Crippen LogP contribution in [-0.4, -0.2) is 45.8 Å². The molecule has 0 spiro atoms. The van der Waals surface area contributed by atoms with Crippen molar-refractivity contribution in [3.05, 3.63) is 42.0 Å². The van der Waals surface area contributed by atoms with Crippen molar-refractivity contribution >= 4 is 5.91 Å². The summed E-state index contributed by atoms with van der Waals surface area (Å²) in [6, 6.07) is 9.82. The van der Waals surface area contributed by atoms with Gasteiger partial charge >= 0.3 is 0 Å². The first kappa shape index (κ1) is 22.2. The number of carbonyl (C=O) groups is 1. The Morgan fingerprint density at radius 1 is 1.16 bits per heavy atom. The molecule has 170 valence electrons. The highest BCUT2D eigenvalue weighted by Gasteiger charge is 2.27. The van der Waals surface area contributed by atoms with Crippen molar-refractivity contribution in [1.29, 1.82) is 0 Å². The molecule has 0 aliphatic carbocycles. The molecule has 0 radical (unpaired) electrons. The smallest absolute Gasteiger partial charge is 0.253 e. The van der Waals surface area contributed by atoms with E-state index < -0.39 is 0 Å². The summed E-state index contributed by atoms with van der Waals surface area (Å²) in [5.41, 5.74) is 2.37. The molecule has 8 nitrogen and oxygen atoms in total. The number of aromatic nitrogens is 3. The lowest BCUT2D eigenvalue weighted by molar-refractivity contribution is -0.126. The molecular formula is C24H31N5O3. The Bertz CT molecular complexity index is 1010. The number of rotatable bonds is 9. The number of carbonyl (C=O) groups excluding carboxylic acids is 1. The monoisotopic (exact) mass is 437 g/mol. The summed E-state index contributed by atoms with van der Waals surface area (Å²) >= 11 is 0. The van der Waals surface area contributed by atoms with Gasteiger partial charge < -0.3 is 14.3 Å². The number of piperidine rings is 1. The maximum atomic E-state index is 12.4. The minimum Gasteiger partial charge on any atom is -0.419 e. The Morgan fingerprint density at radius 2 is 1.94 bits per heavy atom. The zero-order valence-electron chi connectivity index (χ0n) is 18.8. The Hall–Kier alpha value is -3.00. The van der Waals surface area contributed by atoms with E-state index in [1.807, 2.05) is 37.3 Å². The van der Waals surface area contributed by atoms with Gasteiger partial charge in [-0.1, -0.05) is 55.3 Å². The van der Waals surface area contributed by atoms with Gasteiger partial charge in [-0.25, -0.2) is 0 Å². The number of nitrogens with one attached hydrogen (secondary N) is 1. The molecule has 0 saturated carbocycles. The highest BCUT2D eigenvalue weighted by atomic mass is 16.5. The average Bonchev–Trinajstić information content (AvgIpc) is 3.43. The summed E-state index contributed by atoms with van der Waals surface area (Å²) in [5.74, 6) is 1.90. The predicted molar refractivity (Wildman–Crippen MR) is 121 cm³/mol. The zero-order valence-corrected chi connectivity index (χ0v) is 18.8. The van der Waals surface area contributed by atoms with Crippen molar-refractivity contribution in [1.82, 2.24) is 25.6 Å². The van der Waals surface area contributed by atoms with E-state index in [9.17, 15) is 4.79 Å². The Labute approximate surface area is 188 Å². The van der Waals surface area contributed by atoms with Gasteiger partial charge in [-0.2, -0.15) is 0 Å². The summed E-state index contributed by atoms with van der Waals surface area (Å²) in [6.07, 6.45) is 5.08. The molecule has 2 aromatic heterocycles. The number of nitrogens with zero attached hydrogens (tertiary/aromatic N) is 4. The Balaban J connectivity index is 1.34. The lowest BCUT2D eigenvalue weighted by atomic mass is 9.96. The number of benzene rings is 1. The number of amides is 1. The standard InChI is InChI=1S/C24H31N5O3/c1-3-4-8-13-25-23(30)19-11-14-29(15-12-19)16-20-26-27-24(31-20)21-17(2)32-28-22(21)18-9-6-5-7-10-18/h5-7,9-10,19H,3-4,8,11-16H2,1-2H3,(H,25,30). The van der Waals surface area contributed by atoms with E-state index in [4.69, 9.17) is 8.94 Å². The van der Waals surface area contributed by atoms with Gasteiger partial charge in [0.2, 0.25) is 11.8 Å². The van der Waals surface area contributed by atoms with Crippen LogP contribution >= 0.6 is 0 Å². The van der Waals surface area contributed by atoms with Crippen molar-refractivity contribution in [2.45, 2.75) is 52.5 Å². The quantitative estimate of drug-likeness (QED) is 0.501. The zero-order chi connectivity index (χ0) is 22.3. The Morgan fingerprint density at radius 3 is 2.69 bits per heavy atom. The normalized spacial score (nSPS) is 15.2. The highest BCUT2D eigenvalue weighted by Crippen LogP contribution is 2.33. The molecule has 1 N–H and O–H groups in total. The lowest BCUT2D eigenvalue weighted by Crippen LogP contribution is -2.40. The third-order valence-corrected chi connectivity index (χ3v) is 5.99. The predicted octanol–water partition coefficient (Wildman–Crippen LogP) is 4.22. The number of hydrogen-bond acceptors (Lipinski definition) is 7. The van der Waals surface area contributed by atoms with Crippen LogP contribution in [0.1, 0.15) is 50.7 Å². The molecule has 4 rings (SSSR count). The van der Waals surface area contributed by atoms with Crippen LogP contribution in [-0.2, 0) is 11.3 Å². The molecule has 8 heteroatoms. The van der Waals surface area contributed by atoms with Crippen LogP contribution < -0.4 is 5.32 Å². The van der Waals surface area contributed by atoms with Crippen LogP contribution in [0.2, 0.25) is 0 Å². The largest absolute Gasteiger partial charge is 0.419 e. The molecule has 1 saturated heterocycles. The average molecular weight is 438 g/mol. The summed E-state index contributed by atoms with van der Waals surface area (Å²) in [5, 5.41) is 15.8. The molecule has 1 fully saturated rings. The van der Waals surface area contributed by atoms with Gasteiger partial charge in [-0.3, -0.25) is 9.69 Å². The van der Waals surface area contributed by atoms with Crippen LogP contribution in [0.5, 0.6) is 0 Å². The molecule has 32 heavy (non-hydrogen) atoms. The maximum absolute atomic E-state index is 12.4. The fourth-order valence-corrected chi connectivity index (χ4v) is 4.11. The molecule has 1 aromatic carbocycles. The second-order valence-corrected chi connectivity index (χ2v) is 8.38. The third kappa shape index (κ3) is 5.24. The SMILES string of the molecule is CCCCCNC(=O)C1CCN(Cc2nnc(-c3c(-c4ccccc4)noc3C)o2)CC1. The van der Waals surface area contributed by atoms with Crippen LogP contribution in [0.4, 0.5) is 0 Å². The molecule has 1 amide bonds.